The Morgan fingerprint density at radius 3 is 0.813 bits per heavy atom. The smallest absolute Gasteiger partial charge is 0.338 e. The number of unbranched alkanes of at least 4 members (excludes halogenated alkanes) is 15. The van der Waals surface area contributed by atoms with Crippen LogP contribution in [0.25, 0.3) is 0 Å². The number of hydrogen-bond acceptors (Lipinski definition) is 6. The van der Waals surface area contributed by atoms with Gasteiger partial charge in [0.25, 0.3) is 0 Å². The van der Waals surface area contributed by atoms with Gasteiger partial charge in [0.05, 0.1) is 34.4 Å². The number of benzene rings is 5. The molecule has 0 heterocycles. The highest BCUT2D eigenvalue weighted by Crippen LogP contribution is 2.14. The molecule has 0 aliphatic rings. The molecule has 10 nitrogen and oxygen atoms in total. The topological polar surface area (TPSA) is 175 Å². The Hall–Kier alpha value is -6.55. The Labute approximate surface area is 450 Å². The van der Waals surface area contributed by atoms with E-state index in [1.54, 1.807) is 60.7 Å². The molecule has 410 valence electrons. The van der Waals surface area contributed by atoms with Gasteiger partial charge in [-0.3, -0.25) is 0 Å². The summed E-state index contributed by atoms with van der Waals surface area (Å²) in [5.74, 6) is -3.64. The van der Waals surface area contributed by atoms with Gasteiger partial charge >= 0.3 is 29.8 Å². The number of carbonyl (C=O) groups excluding carboxylic acids is 1. The second-order valence-electron chi connectivity index (χ2n) is 18.8. The average molecular weight is 1030 g/mol. The van der Waals surface area contributed by atoms with Crippen LogP contribution in [-0.4, -0.2) is 56.9 Å². The molecule has 0 aromatic heterocycles. The molecule has 5 rings (SSSR count). The summed E-state index contributed by atoms with van der Waals surface area (Å²) in [6.07, 6.45) is 29.0. The van der Waals surface area contributed by atoms with Gasteiger partial charge in [0.2, 0.25) is 0 Å². The fourth-order valence-electron chi connectivity index (χ4n) is 7.60. The molecule has 4 N–H and O–H groups in total. The van der Waals surface area contributed by atoms with Gasteiger partial charge in [-0.15, -0.1) is 0 Å². The van der Waals surface area contributed by atoms with Crippen molar-refractivity contribution >= 4 is 29.8 Å². The number of ether oxygens (including phenoxy) is 1. The quantitative estimate of drug-likeness (QED) is 0.0256. The number of rotatable bonds is 30. The van der Waals surface area contributed by atoms with Gasteiger partial charge in [-0.1, -0.05) is 198 Å². The van der Waals surface area contributed by atoms with E-state index in [1.165, 1.54) is 138 Å². The maximum absolute atomic E-state index is 11.3. The monoisotopic (exact) mass is 1030 g/mol. The molecule has 0 aliphatic carbocycles. The van der Waals surface area contributed by atoms with E-state index >= 15 is 0 Å². The normalized spacial score (nSPS) is 10.1. The minimum Gasteiger partial charge on any atom is -0.478 e. The first-order valence-electron chi connectivity index (χ1n) is 27.8. The van der Waals surface area contributed by atoms with Crippen molar-refractivity contribution < 1.29 is 49.1 Å². The molecule has 0 bridgehead atoms. The van der Waals surface area contributed by atoms with Crippen molar-refractivity contribution in [3.05, 3.63) is 177 Å². The van der Waals surface area contributed by atoms with E-state index in [9.17, 15) is 24.0 Å². The minimum absolute atomic E-state index is 0.228. The van der Waals surface area contributed by atoms with Crippen molar-refractivity contribution in [2.24, 2.45) is 0 Å². The van der Waals surface area contributed by atoms with Crippen molar-refractivity contribution in [3.63, 3.8) is 0 Å². The number of aryl methyl sites for hydroxylation is 4. The molecular weight excluding hydrogens is 941 g/mol. The lowest BCUT2D eigenvalue weighted by Crippen LogP contribution is -2.05. The third kappa shape index (κ3) is 33.8. The Kier molecular flexibility index (Phi) is 38.8. The zero-order chi connectivity index (χ0) is 55.3. The molecule has 10 heteroatoms. The molecule has 0 unspecified atom stereocenters. The summed E-state index contributed by atoms with van der Waals surface area (Å²) in [6.45, 7) is 11.4. The predicted molar refractivity (Wildman–Crippen MR) is 306 cm³/mol. The summed E-state index contributed by atoms with van der Waals surface area (Å²) < 4.78 is 5.03. The van der Waals surface area contributed by atoms with Crippen molar-refractivity contribution in [2.75, 3.05) is 6.61 Å². The number of carboxylic acids is 4. The molecule has 0 saturated heterocycles. The van der Waals surface area contributed by atoms with Crippen LogP contribution in [0.4, 0.5) is 0 Å². The van der Waals surface area contributed by atoms with Crippen LogP contribution in [0.5, 0.6) is 0 Å². The van der Waals surface area contributed by atoms with Crippen molar-refractivity contribution in [3.8, 4) is 0 Å². The molecule has 0 atom stereocenters. The van der Waals surface area contributed by atoms with Gasteiger partial charge in [0.1, 0.15) is 0 Å². The number of carbonyl (C=O) groups is 5. The van der Waals surface area contributed by atoms with E-state index in [1.807, 2.05) is 66.7 Å². The Morgan fingerprint density at radius 2 is 0.533 bits per heavy atom. The zero-order valence-corrected chi connectivity index (χ0v) is 46.0. The van der Waals surface area contributed by atoms with Gasteiger partial charge in [-0.25, -0.2) is 24.0 Å². The largest absolute Gasteiger partial charge is 0.478 e. The van der Waals surface area contributed by atoms with Crippen LogP contribution >= 0.6 is 0 Å². The van der Waals surface area contributed by atoms with E-state index in [4.69, 9.17) is 25.2 Å². The van der Waals surface area contributed by atoms with Gasteiger partial charge in [-0.05, 0) is 141 Å². The lowest BCUT2D eigenvalue weighted by molar-refractivity contribution is 0.0498. The van der Waals surface area contributed by atoms with E-state index < -0.39 is 23.9 Å². The van der Waals surface area contributed by atoms with E-state index in [0.29, 0.717) is 34.4 Å². The van der Waals surface area contributed by atoms with Crippen LogP contribution < -0.4 is 0 Å². The third-order valence-corrected chi connectivity index (χ3v) is 12.3. The Morgan fingerprint density at radius 1 is 0.293 bits per heavy atom. The summed E-state index contributed by atoms with van der Waals surface area (Å²) in [7, 11) is 0. The van der Waals surface area contributed by atoms with Crippen LogP contribution in [0.2, 0.25) is 0 Å². The lowest BCUT2D eigenvalue weighted by Gasteiger charge is -2.02. The number of esters is 1. The van der Waals surface area contributed by atoms with Crippen LogP contribution in [0.15, 0.2) is 127 Å². The molecule has 5 aromatic carbocycles. The molecule has 0 spiro atoms. The minimum atomic E-state index is -0.856. The van der Waals surface area contributed by atoms with Crippen LogP contribution in [0, 0.1) is 0 Å². The molecule has 0 saturated carbocycles. The predicted octanol–water partition coefficient (Wildman–Crippen LogP) is 17.5. The standard InChI is InChI=1S/C15H22O2.C14H20O2.C13H18O2.C12H16O2.C11H14O2/c1-2-3-4-5-6-7-8-13-9-11-14(12-10-13)15(16)17;1-2-3-4-5-6-7-12-8-10-13(11-9-12)14(15)16;1-2-3-4-5-6-11-7-9-12(10-8-11)13(14)15;1-2-3-4-5-10-6-8-11(9-7-10)12(13)14;1-2-3-9-13-11(12)10-7-5-4-6-8-10/h9-12H,2-8H2,1H3,(H,16,17);8-11H,2-7H2,1H3,(H,15,16);7-10H,2-6H2,1H3,(H,14,15);6-9H,2-5H2,1H3,(H,13,14);4-8H,2-3,9H2,1H3. The highest BCUT2D eigenvalue weighted by atomic mass is 16.5. The lowest BCUT2D eigenvalue weighted by atomic mass is 10.0. The fourth-order valence-corrected chi connectivity index (χ4v) is 7.60. The van der Waals surface area contributed by atoms with Crippen molar-refractivity contribution in [2.45, 2.75) is 189 Å². The Balaban J connectivity index is 0.000000470. The van der Waals surface area contributed by atoms with Gasteiger partial charge < -0.3 is 25.2 Å². The fraction of sp³-hybridized carbons (Fsp3) is 0.462. The molecule has 0 fully saturated rings. The number of aromatic carboxylic acids is 4. The maximum atomic E-state index is 11.3. The molecule has 75 heavy (non-hydrogen) atoms. The SMILES string of the molecule is CCCCCCCCc1ccc(C(=O)O)cc1.CCCCCCCc1ccc(C(=O)O)cc1.CCCCCCc1ccc(C(=O)O)cc1.CCCCCc1ccc(C(=O)O)cc1.CCCCOC(=O)c1ccccc1. The molecule has 0 amide bonds. The summed E-state index contributed by atoms with van der Waals surface area (Å²) >= 11 is 0. The van der Waals surface area contributed by atoms with E-state index in [-0.39, 0.29) is 5.97 Å². The summed E-state index contributed by atoms with van der Waals surface area (Å²) in [5.41, 5.74) is 7.04. The van der Waals surface area contributed by atoms with Gasteiger partial charge in [0.15, 0.2) is 0 Å². The van der Waals surface area contributed by atoms with Crippen LogP contribution in [0.3, 0.4) is 0 Å². The summed E-state index contributed by atoms with van der Waals surface area (Å²) in [4.78, 5) is 53.8. The summed E-state index contributed by atoms with van der Waals surface area (Å²) in [6, 6.07) is 37.8. The number of carboxylic acid groups (broad SMARTS) is 4. The maximum Gasteiger partial charge on any atom is 0.338 e. The highest BCUT2D eigenvalue weighted by Gasteiger charge is 2.06. The van der Waals surface area contributed by atoms with Gasteiger partial charge in [-0.2, -0.15) is 0 Å². The highest BCUT2D eigenvalue weighted by molar-refractivity contribution is 5.90. The van der Waals surface area contributed by atoms with Gasteiger partial charge in [0, 0.05) is 0 Å². The molecule has 0 aliphatic heterocycles. The van der Waals surface area contributed by atoms with E-state index in [2.05, 4.69) is 34.6 Å². The first-order chi connectivity index (χ1) is 36.3. The molecule has 0 radical (unpaired) electrons. The van der Waals surface area contributed by atoms with Crippen LogP contribution in [0.1, 0.15) is 237 Å². The van der Waals surface area contributed by atoms with Crippen molar-refractivity contribution in [1.82, 2.24) is 0 Å². The zero-order valence-electron chi connectivity index (χ0n) is 46.0. The molecule has 5 aromatic rings. The average Bonchev–Trinajstić information content (AvgIpc) is 3.42. The summed E-state index contributed by atoms with van der Waals surface area (Å²) in [5, 5.41) is 34.9. The second-order valence-corrected chi connectivity index (χ2v) is 18.8. The molecular formula is C65H90O10. The first-order valence-corrected chi connectivity index (χ1v) is 27.8. The third-order valence-electron chi connectivity index (χ3n) is 12.3. The van der Waals surface area contributed by atoms with E-state index in [0.717, 1.165) is 38.5 Å². The number of hydrogen-bond donors (Lipinski definition) is 4. The Bertz CT molecular complexity index is 2230. The first kappa shape index (κ1) is 66.5. The van der Waals surface area contributed by atoms with Crippen molar-refractivity contribution in [1.29, 1.82) is 0 Å². The van der Waals surface area contributed by atoms with Crippen LogP contribution in [-0.2, 0) is 30.4 Å². The second kappa shape index (κ2) is 43.8.